The number of hydrogen-bond donors (Lipinski definition) is 2. The molecule has 2 aliphatic carbocycles. The van der Waals surface area contributed by atoms with E-state index in [2.05, 4.69) is 18.3 Å². The Morgan fingerprint density at radius 1 is 1.28 bits per heavy atom. The van der Waals surface area contributed by atoms with E-state index in [9.17, 15) is 14.1 Å². The van der Waals surface area contributed by atoms with E-state index >= 15 is 0 Å². The fraction of sp³-hybridized carbons (Fsp3) is 0.500. The van der Waals surface area contributed by atoms with Gasteiger partial charge in [-0.2, -0.15) is 2.94 Å². The number of carbonyl (C=O) groups is 1. The maximum absolute atomic E-state index is 13.3. The second kappa shape index (κ2) is 7.99. The van der Waals surface area contributed by atoms with Crippen molar-refractivity contribution in [1.82, 2.24) is 7.92 Å². The summed E-state index contributed by atoms with van der Waals surface area (Å²) in [6.07, 6.45) is 8.09. The van der Waals surface area contributed by atoms with Crippen molar-refractivity contribution >= 4 is 50.0 Å². The monoisotopic (exact) mass is 545 g/mol. The second-order valence-corrected chi connectivity index (χ2v) is 12.5. The molecule has 2 aromatic rings. The fourth-order valence-corrected chi connectivity index (χ4v) is 7.93. The van der Waals surface area contributed by atoms with Crippen molar-refractivity contribution in [3.63, 3.8) is 0 Å². The lowest BCUT2D eigenvalue weighted by Crippen LogP contribution is -2.17. The van der Waals surface area contributed by atoms with Crippen molar-refractivity contribution in [3.8, 4) is 0 Å². The topological polar surface area (TPSA) is 91.7 Å². The maximum Gasteiger partial charge on any atom is 0.259 e. The number of thiazole rings is 1. The molecule has 0 bridgehead atoms. The highest BCUT2D eigenvalue weighted by atomic mass is 127. The number of aryl methyl sites for hydroxylation is 2. The van der Waals surface area contributed by atoms with Gasteiger partial charge in [-0.3, -0.25) is 4.79 Å². The summed E-state index contributed by atoms with van der Waals surface area (Å²) >= 11 is 2.87. The van der Waals surface area contributed by atoms with Gasteiger partial charge in [-0.05, 0) is 80.2 Å². The van der Waals surface area contributed by atoms with E-state index in [0.29, 0.717) is 4.88 Å². The molecule has 156 valence electrons. The molecule has 0 saturated heterocycles. The molecule has 9 heteroatoms. The van der Waals surface area contributed by atoms with E-state index in [-0.39, 0.29) is 10.8 Å². The first kappa shape index (κ1) is 21.4. The van der Waals surface area contributed by atoms with Crippen molar-refractivity contribution in [1.29, 1.82) is 0 Å². The quantitative estimate of drug-likeness (QED) is 0.442. The van der Waals surface area contributed by atoms with Crippen molar-refractivity contribution < 1.29 is 14.1 Å². The minimum Gasteiger partial charge on any atom is -0.385 e. The summed E-state index contributed by atoms with van der Waals surface area (Å²) in [7, 11) is -3.18. The molecule has 0 saturated carbocycles. The van der Waals surface area contributed by atoms with E-state index in [0.717, 1.165) is 55.4 Å². The first-order chi connectivity index (χ1) is 13.7. The molecule has 2 aliphatic rings. The van der Waals surface area contributed by atoms with Gasteiger partial charge in [0.25, 0.3) is 5.91 Å². The fourth-order valence-electron chi connectivity index (χ4n) is 4.23. The Hall–Kier alpha value is -0.880. The number of aliphatic hydroxyl groups is 1. The normalized spacial score (nSPS) is 17.7. The van der Waals surface area contributed by atoms with E-state index in [1.54, 1.807) is 36.7 Å². The van der Waals surface area contributed by atoms with Crippen LogP contribution in [0.2, 0.25) is 0 Å². The van der Waals surface area contributed by atoms with Crippen LogP contribution in [0.5, 0.6) is 0 Å². The molecule has 1 atom stereocenters. The van der Waals surface area contributed by atoms with Crippen LogP contribution in [0.25, 0.3) is 0 Å². The van der Waals surface area contributed by atoms with Crippen molar-refractivity contribution in [2.45, 2.75) is 68.7 Å². The Labute approximate surface area is 189 Å². The Morgan fingerprint density at radius 3 is 2.41 bits per heavy atom. The third kappa shape index (κ3) is 4.16. The van der Waals surface area contributed by atoms with Gasteiger partial charge in [-0.1, -0.05) is 6.07 Å². The van der Waals surface area contributed by atoms with Gasteiger partial charge in [-0.25, -0.2) is 9.19 Å². The van der Waals surface area contributed by atoms with Gasteiger partial charge in [0.15, 0.2) is 9.92 Å². The van der Waals surface area contributed by atoms with Crippen LogP contribution in [0.3, 0.4) is 0 Å². The molecule has 1 amide bonds. The molecule has 29 heavy (non-hydrogen) atoms. The number of amides is 1. The van der Waals surface area contributed by atoms with Gasteiger partial charge in [0.2, 0.25) is 4.34 Å². The smallest absolute Gasteiger partial charge is 0.259 e. The molecular formula is C20H24IN3O3S2. The van der Waals surface area contributed by atoms with E-state index < -0.39 is 21.4 Å². The standard InChI is InChI=1S/C20H24IN3O3S2/c1-20(2,26)17-11-22-19(28-17)29(27,24-21)23-18(25)10-16-14-7-3-5-12(14)9-13-6-4-8-15(13)16/h9,11,26H,3-8,10H2,1-2H3,(H,23,24,25,27). The van der Waals surface area contributed by atoms with Crippen LogP contribution < -0.4 is 2.94 Å². The van der Waals surface area contributed by atoms with E-state index in [4.69, 9.17) is 0 Å². The number of aromatic nitrogens is 1. The van der Waals surface area contributed by atoms with Crippen molar-refractivity contribution in [3.05, 3.63) is 45.0 Å². The molecule has 1 aromatic carbocycles. The molecular weight excluding hydrogens is 521 g/mol. The SMILES string of the molecule is CC(C)(O)c1cnc(S(=O)(=NC(=O)Cc2c3c(cc4c2CCC4)CCC3)NI)s1. The number of rotatable bonds is 5. The average molecular weight is 545 g/mol. The average Bonchev–Trinajstić information content (AvgIpc) is 3.40. The van der Waals surface area contributed by atoms with Crippen LogP contribution in [-0.4, -0.2) is 20.2 Å². The summed E-state index contributed by atoms with van der Waals surface area (Å²) in [4.78, 5) is 17.7. The van der Waals surface area contributed by atoms with Gasteiger partial charge >= 0.3 is 0 Å². The molecule has 0 spiro atoms. The molecule has 0 radical (unpaired) electrons. The van der Waals surface area contributed by atoms with Crippen molar-refractivity contribution in [2.24, 2.45) is 4.36 Å². The number of benzene rings is 1. The Balaban J connectivity index is 1.68. The minimum atomic E-state index is -3.18. The lowest BCUT2D eigenvalue weighted by Gasteiger charge is -2.14. The molecule has 1 aromatic heterocycles. The van der Waals surface area contributed by atoms with Gasteiger partial charge in [0.05, 0.1) is 16.9 Å². The first-order valence-corrected chi connectivity index (χ1v) is 13.1. The molecule has 2 N–H and O–H groups in total. The second-order valence-electron chi connectivity index (χ2n) is 8.15. The lowest BCUT2D eigenvalue weighted by atomic mass is 9.92. The van der Waals surface area contributed by atoms with Gasteiger partial charge < -0.3 is 5.11 Å². The predicted octanol–water partition coefficient (Wildman–Crippen LogP) is 3.80. The molecule has 0 aliphatic heterocycles. The lowest BCUT2D eigenvalue weighted by molar-refractivity contribution is -0.117. The maximum atomic E-state index is 13.3. The highest BCUT2D eigenvalue weighted by Crippen LogP contribution is 2.36. The minimum absolute atomic E-state index is 0.185. The van der Waals surface area contributed by atoms with Crippen LogP contribution in [0.4, 0.5) is 0 Å². The summed E-state index contributed by atoms with van der Waals surface area (Å²) in [5.74, 6) is -0.395. The molecule has 4 rings (SSSR count). The Bertz CT molecular complexity index is 1060. The van der Waals surface area contributed by atoms with Gasteiger partial charge in [-0.15, -0.1) is 15.7 Å². The zero-order valence-electron chi connectivity index (χ0n) is 16.5. The molecule has 1 heterocycles. The molecule has 6 nitrogen and oxygen atoms in total. The highest BCUT2D eigenvalue weighted by Gasteiger charge is 2.27. The van der Waals surface area contributed by atoms with E-state index in [1.165, 1.54) is 28.5 Å². The van der Waals surface area contributed by atoms with E-state index in [1.807, 2.05) is 0 Å². The Morgan fingerprint density at radius 2 is 1.90 bits per heavy atom. The van der Waals surface area contributed by atoms with Crippen LogP contribution in [0.1, 0.15) is 59.4 Å². The zero-order valence-corrected chi connectivity index (χ0v) is 20.2. The number of fused-ring (bicyclic) bond motifs is 2. The zero-order chi connectivity index (χ0) is 20.8. The number of nitrogens with one attached hydrogen (secondary N) is 1. The number of nitrogens with zero attached hydrogens (tertiary/aromatic N) is 2. The molecule has 0 fully saturated rings. The first-order valence-electron chi connectivity index (χ1n) is 9.73. The van der Waals surface area contributed by atoms with Gasteiger partial charge in [0.1, 0.15) is 0 Å². The van der Waals surface area contributed by atoms with Crippen LogP contribution >= 0.6 is 34.2 Å². The van der Waals surface area contributed by atoms with Crippen LogP contribution in [-0.2, 0) is 52.4 Å². The number of hydrogen-bond acceptors (Lipinski definition) is 5. The largest absolute Gasteiger partial charge is 0.385 e. The summed E-state index contributed by atoms with van der Waals surface area (Å²) in [6, 6.07) is 2.33. The third-order valence-electron chi connectivity index (χ3n) is 5.59. The third-order valence-corrected chi connectivity index (χ3v) is 10.7. The summed E-state index contributed by atoms with van der Waals surface area (Å²) in [6.45, 7) is 3.28. The van der Waals surface area contributed by atoms with Crippen molar-refractivity contribution in [2.75, 3.05) is 0 Å². The van der Waals surface area contributed by atoms with Crippen LogP contribution in [0.15, 0.2) is 21.0 Å². The summed E-state index contributed by atoms with van der Waals surface area (Å²) < 4.78 is 20.3. The van der Waals surface area contributed by atoms with Crippen LogP contribution in [0, 0.1) is 0 Å². The molecule has 1 unspecified atom stereocenters. The summed E-state index contributed by atoms with van der Waals surface area (Å²) in [5, 5.41) is 10.2. The number of halogens is 1. The predicted molar refractivity (Wildman–Crippen MR) is 123 cm³/mol. The Kier molecular flexibility index (Phi) is 5.88. The highest BCUT2D eigenvalue weighted by molar-refractivity contribution is 14.1. The van der Waals surface area contributed by atoms with Gasteiger partial charge in [0, 0.05) is 29.1 Å². The number of carbonyl (C=O) groups excluding carboxylic acids is 1. The summed E-state index contributed by atoms with van der Waals surface area (Å²) in [5.41, 5.74) is 5.39.